The number of nitrogens with zero attached hydrogens (tertiary/aromatic N) is 1. The summed E-state index contributed by atoms with van der Waals surface area (Å²) in [6.07, 6.45) is -9.68. The van der Waals surface area contributed by atoms with Crippen molar-refractivity contribution < 1.29 is 61.8 Å². The minimum absolute atomic E-state index is 0.131. The van der Waals surface area contributed by atoms with Gasteiger partial charge in [-0.05, 0) is 47.2 Å². The van der Waals surface area contributed by atoms with Crippen molar-refractivity contribution in [3.63, 3.8) is 0 Å². The van der Waals surface area contributed by atoms with Gasteiger partial charge in [-0.25, -0.2) is 0 Å². The summed E-state index contributed by atoms with van der Waals surface area (Å²) in [6, 6.07) is 0. The van der Waals surface area contributed by atoms with Crippen molar-refractivity contribution in [1.29, 1.82) is 0 Å². The van der Waals surface area contributed by atoms with Gasteiger partial charge in [0, 0.05) is 18.6 Å². The monoisotopic (exact) mass is 533 g/mol. The standard InChI is InChI=1S/C19H28F13NO/c1-7-33(8-2)12(3,4)9-10-34-13(5,6)11-14(20,21)15(22,23)16(24,25)17(26,27)18(28,29)19(30,31)32/h7-11H2,1-6H3. The lowest BCUT2D eigenvalue weighted by atomic mass is 9.88. The third kappa shape index (κ3) is 6.04. The summed E-state index contributed by atoms with van der Waals surface area (Å²) < 4.78 is 177. The van der Waals surface area contributed by atoms with Crippen LogP contribution in [-0.2, 0) is 4.74 Å². The van der Waals surface area contributed by atoms with Crippen molar-refractivity contribution in [2.45, 2.75) is 101 Å². The van der Waals surface area contributed by atoms with E-state index in [1.165, 1.54) is 0 Å². The fourth-order valence-corrected chi connectivity index (χ4v) is 3.31. The van der Waals surface area contributed by atoms with E-state index in [0.717, 1.165) is 13.8 Å². The van der Waals surface area contributed by atoms with Gasteiger partial charge < -0.3 is 4.74 Å². The summed E-state index contributed by atoms with van der Waals surface area (Å²) in [5.74, 6) is -36.9. The number of hydrogen-bond acceptors (Lipinski definition) is 2. The first kappa shape index (κ1) is 33.0. The van der Waals surface area contributed by atoms with Crippen LogP contribution >= 0.6 is 0 Å². The Hall–Kier alpha value is -0.990. The van der Waals surface area contributed by atoms with E-state index < -0.39 is 53.3 Å². The number of rotatable bonds is 13. The number of hydrogen-bond donors (Lipinski definition) is 0. The molecular weight excluding hydrogens is 505 g/mol. The van der Waals surface area contributed by atoms with Crippen molar-refractivity contribution in [1.82, 2.24) is 4.90 Å². The van der Waals surface area contributed by atoms with Gasteiger partial charge in [-0.1, -0.05) is 13.8 Å². The van der Waals surface area contributed by atoms with E-state index in [1.807, 2.05) is 18.7 Å². The van der Waals surface area contributed by atoms with Crippen molar-refractivity contribution in [3.05, 3.63) is 0 Å². The van der Waals surface area contributed by atoms with Crippen LogP contribution < -0.4 is 0 Å². The van der Waals surface area contributed by atoms with Gasteiger partial charge in [0.05, 0.1) is 5.60 Å². The molecule has 2 nitrogen and oxygen atoms in total. The van der Waals surface area contributed by atoms with Crippen LogP contribution in [0, 0.1) is 0 Å². The fraction of sp³-hybridized carbons (Fsp3) is 1.00. The Kier molecular flexibility index (Phi) is 9.53. The zero-order chi connectivity index (χ0) is 27.8. The summed E-state index contributed by atoms with van der Waals surface area (Å²) in [5, 5.41) is 0. The lowest BCUT2D eigenvalue weighted by Gasteiger charge is -2.42. The highest BCUT2D eigenvalue weighted by Crippen LogP contribution is 2.61. The van der Waals surface area contributed by atoms with E-state index in [9.17, 15) is 57.1 Å². The summed E-state index contributed by atoms with van der Waals surface area (Å²) in [7, 11) is 0. The molecule has 0 aliphatic rings. The molecule has 0 atom stereocenters. The lowest BCUT2D eigenvalue weighted by molar-refractivity contribution is -0.441. The molecule has 0 aromatic rings. The average molecular weight is 533 g/mol. The van der Waals surface area contributed by atoms with Gasteiger partial charge in [0.1, 0.15) is 0 Å². The van der Waals surface area contributed by atoms with Crippen molar-refractivity contribution in [2.24, 2.45) is 0 Å². The molecule has 34 heavy (non-hydrogen) atoms. The Morgan fingerprint density at radius 1 is 0.588 bits per heavy atom. The first-order valence-electron chi connectivity index (χ1n) is 10.0. The SMILES string of the molecule is CCN(CC)C(C)(C)CCOC(C)(C)CC(F)(F)C(F)(F)C(F)(F)C(F)(F)C(F)(F)C(F)(F)F. The van der Waals surface area contributed by atoms with Crippen LogP contribution in [0.2, 0.25) is 0 Å². The molecule has 0 saturated carbocycles. The first-order chi connectivity index (χ1) is 14.7. The molecule has 0 aliphatic carbocycles. The molecule has 0 unspecified atom stereocenters. The van der Waals surface area contributed by atoms with E-state index in [1.54, 1.807) is 13.8 Å². The highest BCUT2D eigenvalue weighted by Gasteiger charge is 2.90. The third-order valence-corrected chi connectivity index (χ3v) is 5.47. The lowest BCUT2D eigenvalue weighted by Crippen LogP contribution is -2.70. The molecule has 15 heteroatoms. The molecule has 0 aromatic heterocycles. The Morgan fingerprint density at radius 3 is 1.32 bits per heavy atom. The van der Waals surface area contributed by atoms with Crippen molar-refractivity contribution >= 4 is 0 Å². The predicted molar refractivity (Wildman–Crippen MR) is 97.1 cm³/mol. The molecule has 0 saturated heterocycles. The minimum atomic E-state index is -7.90. The molecule has 0 fully saturated rings. The van der Waals surface area contributed by atoms with E-state index >= 15 is 0 Å². The predicted octanol–water partition coefficient (Wildman–Crippen LogP) is 7.42. The highest BCUT2D eigenvalue weighted by atomic mass is 19.4. The molecule has 0 radical (unpaired) electrons. The molecule has 0 aromatic carbocycles. The van der Waals surface area contributed by atoms with Gasteiger partial charge >= 0.3 is 35.8 Å². The molecule has 0 amide bonds. The molecular formula is C19H28F13NO. The Bertz CT molecular complexity index is 668. The van der Waals surface area contributed by atoms with Crippen molar-refractivity contribution in [2.75, 3.05) is 19.7 Å². The quantitative estimate of drug-likeness (QED) is 0.229. The van der Waals surface area contributed by atoms with E-state index in [-0.39, 0.29) is 13.0 Å². The summed E-state index contributed by atoms with van der Waals surface area (Å²) in [6.45, 7) is 9.33. The van der Waals surface area contributed by atoms with Crippen LogP contribution in [0.4, 0.5) is 57.1 Å². The molecule has 0 aliphatic heterocycles. The normalized spacial score (nSPS) is 15.9. The minimum Gasteiger partial charge on any atom is -0.375 e. The van der Waals surface area contributed by atoms with E-state index in [2.05, 4.69) is 0 Å². The summed E-state index contributed by atoms with van der Waals surface area (Å²) >= 11 is 0. The maximum atomic E-state index is 14.1. The largest absolute Gasteiger partial charge is 0.460 e. The maximum absolute atomic E-state index is 14.1. The smallest absolute Gasteiger partial charge is 0.375 e. The Labute approximate surface area is 188 Å². The molecule has 206 valence electrons. The second kappa shape index (κ2) is 9.81. The van der Waals surface area contributed by atoms with Crippen LogP contribution in [0.15, 0.2) is 0 Å². The second-order valence-corrected chi connectivity index (χ2v) is 9.02. The van der Waals surface area contributed by atoms with E-state index in [0.29, 0.717) is 13.1 Å². The molecule has 0 rings (SSSR count). The summed E-state index contributed by atoms with van der Waals surface area (Å²) in [4.78, 5) is 1.93. The highest BCUT2D eigenvalue weighted by molar-refractivity contribution is 5.11. The Balaban J connectivity index is 5.80. The third-order valence-electron chi connectivity index (χ3n) is 5.47. The van der Waals surface area contributed by atoms with Gasteiger partial charge in [0.25, 0.3) is 0 Å². The van der Waals surface area contributed by atoms with Gasteiger partial charge in [0.2, 0.25) is 0 Å². The maximum Gasteiger partial charge on any atom is 0.460 e. The van der Waals surface area contributed by atoms with Gasteiger partial charge in [-0.3, -0.25) is 4.90 Å². The molecule has 0 bridgehead atoms. The molecule has 0 N–H and O–H groups in total. The van der Waals surface area contributed by atoms with Crippen LogP contribution in [0.25, 0.3) is 0 Å². The Morgan fingerprint density at radius 2 is 0.971 bits per heavy atom. The van der Waals surface area contributed by atoms with Crippen LogP contribution in [0.5, 0.6) is 0 Å². The van der Waals surface area contributed by atoms with E-state index in [4.69, 9.17) is 4.74 Å². The van der Waals surface area contributed by atoms with Crippen LogP contribution in [0.1, 0.15) is 54.4 Å². The molecule has 0 heterocycles. The fourth-order valence-electron chi connectivity index (χ4n) is 3.31. The summed E-state index contributed by atoms with van der Waals surface area (Å²) in [5.41, 5.74) is -2.96. The zero-order valence-corrected chi connectivity index (χ0v) is 19.3. The molecule has 0 spiro atoms. The second-order valence-electron chi connectivity index (χ2n) is 9.02. The average Bonchev–Trinajstić information content (AvgIpc) is 2.59. The topological polar surface area (TPSA) is 12.5 Å². The zero-order valence-electron chi connectivity index (χ0n) is 19.3. The van der Waals surface area contributed by atoms with Gasteiger partial charge in [-0.15, -0.1) is 0 Å². The van der Waals surface area contributed by atoms with Gasteiger partial charge in [0.15, 0.2) is 0 Å². The number of alkyl halides is 13. The number of halogens is 13. The van der Waals surface area contributed by atoms with Crippen molar-refractivity contribution in [3.8, 4) is 0 Å². The van der Waals surface area contributed by atoms with Crippen LogP contribution in [0.3, 0.4) is 0 Å². The number of ether oxygens (including phenoxy) is 1. The van der Waals surface area contributed by atoms with Gasteiger partial charge in [-0.2, -0.15) is 57.1 Å². The first-order valence-corrected chi connectivity index (χ1v) is 10.0. The van der Waals surface area contributed by atoms with Crippen LogP contribution in [-0.4, -0.2) is 71.5 Å².